The highest BCUT2D eigenvalue weighted by atomic mass is 16.5. The number of carbonyl (C=O) groups is 2. The molecule has 0 saturated heterocycles. The molecule has 148 valence electrons. The summed E-state index contributed by atoms with van der Waals surface area (Å²) >= 11 is 0. The first-order chi connectivity index (χ1) is 13.5. The van der Waals surface area contributed by atoms with Crippen molar-refractivity contribution in [2.24, 2.45) is 5.10 Å². The molecule has 7 heteroatoms. The molecule has 0 atom stereocenters. The maximum atomic E-state index is 12.1. The number of nitrogens with zero attached hydrogens (tertiary/aromatic N) is 1. The highest BCUT2D eigenvalue weighted by Gasteiger charge is 2.07. The molecule has 2 aromatic carbocycles. The molecular weight excluding hydrogens is 358 g/mol. The molecular formula is C21H25N3O4. The smallest absolute Gasteiger partial charge is 0.277 e. The summed E-state index contributed by atoms with van der Waals surface area (Å²) in [6, 6.07) is 14.5. The molecule has 28 heavy (non-hydrogen) atoms. The third kappa shape index (κ3) is 7.11. The first-order valence-corrected chi connectivity index (χ1v) is 9.01. The van der Waals surface area contributed by atoms with Crippen LogP contribution in [0.4, 0.5) is 5.69 Å². The van der Waals surface area contributed by atoms with Crippen LogP contribution in [0.3, 0.4) is 0 Å². The second-order valence-corrected chi connectivity index (χ2v) is 6.12. The van der Waals surface area contributed by atoms with Gasteiger partial charge in [-0.25, -0.2) is 5.43 Å². The van der Waals surface area contributed by atoms with Crippen molar-refractivity contribution in [2.75, 3.05) is 18.5 Å². The van der Waals surface area contributed by atoms with Gasteiger partial charge in [-0.15, -0.1) is 0 Å². The minimum Gasteiger partial charge on any atom is -0.494 e. The van der Waals surface area contributed by atoms with Crippen molar-refractivity contribution in [2.45, 2.75) is 27.2 Å². The lowest BCUT2D eigenvalue weighted by Crippen LogP contribution is -2.26. The van der Waals surface area contributed by atoms with E-state index in [9.17, 15) is 9.59 Å². The van der Waals surface area contributed by atoms with Crippen LogP contribution in [0, 0.1) is 6.92 Å². The van der Waals surface area contributed by atoms with E-state index < -0.39 is 5.91 Å². The van der Waals surface area contributed by atoms with Crippen molar-refractivity contribution in [3.63, 3.8) is 0 Å². The zero-order chi connectivity index (χ0) is 20.4. The van der Waals surface area contributed by atoms with E-state index in [2.05, 4.69) is 15.8 Å². The van der Waals surface area contributed by atoms with Gasteiger partial charge in [-0.05, 0) is 56.7 Å². The van der Waals surface area contributed by atoms with E-state index >= 15 is 0 Å². The van der Waals surface area contributed by atoms with E-state index in [0.717, 1.165) is 11.3 Å². The summed E-state index contributed by atoms with van der Waals surface area (Å²) in [5.74, 6) is 0.771. The van der Waals surface area contributed by atoms with Crippen molar-refractivity contribution in [3.8, 4) is 11.5 Å². The lowest BCUT2D eigenvalue weighted by molar-refractivity contribution is -0.123. The SMILES string of the molecule is CCOc1ccc(NC(=O)C/C(C)=N/NC(=O)COc2ccccc2C)cc1. The Morgan fingerprint density at radius 1 is 1.00 bits per heavy atom. The molecule has 0 spiro atoms. The number of nitrogens with one attached hydrogen (secondary N) is 2. The quantitative estimate of drug-likeness (QED) is 0.514. The normalized spacial score (nSPS) is 10.9. The van der Waals surface area contributed by atoms with Crippen LogP contribution in [0.15, 0.2) is 53.6 Å². The Morgan fingerprint density at radius 2 is 1.71 bits per heavy atom. The van der Waals surface area contributed by atoms with E-state index in [1.165, 1.54) is 0 Å². The van der Waals surface area contributed by atoms with Crippen LogP contribution >= 0.6 is 0 Å². The molecule has 0 unspecified atom stereocenters. The van der Waals surface area contributed by atoms with Crippen molar-refractivity contribution < 1.29 is 19.1 Å². The van der Waals surface area contributed by atoms with Crippen LogP contribution in [0.5, 0.6) is 11.5 Å². The van der Waals surface area contributed by atoms with Gasteiger partial charge >= 0.3 is 0 Å². The van der Waals surface area contributed by atoms with Gasteiger partial charge in [0.1, 0.15) is 11.5 Å². The summed E-state index contributed by atoms with van der Waals surface area (Å²) < 4.78 is 10.8. The van der Waals surface area contributed by atoms with E-state index in [-0.39, 0.29) is 18.9 Å². The molecule has 0 radical (unpaired) electrons. The van der Waals surface area contributed by atoms with Crippen LogP contribution in [0.2, 0.25) is 0 Å². The molecule has 0 aliphatic heterocycles. The van der Waals surface area contributed by atoms with Crippen molar-refractivity contribution in [1.29, 1.82) is 0 Å². The van der Waals surface area contributed by atoms with Gasteiger partial charge in [0.2, 0.25) is 5.91 Å². The zero-order valence-corrected chi connectivity index (χ0v) is 16.3. The van der Waals surface area contributed by atoms with Gasteiger partial charge in [-0.3, -0.25) is 9.59 Å². The number of rotatable bonds is 9. The third-order valence-electron chi connectivity index (χ3n) is 3.69. The van der Waals surface area contributed by atoms with Crippen LogP contribution in [0.25, 0.3) is 0 Å². The minimum atomic E-state index is -0.394. The standard InChI is InChI=1S/C21H25N3O4/c1-4-27-18-11-9-17(10-12-18)22-20(25)13-16(3)23-24-21(26)14-28-19-8-6-5-7-15(19)2/h5-12H,4,13-14H2,1-3H3,(H,22,25)(H,24,26)/b23-16+. The van der Waals surface area contributed by atoms with E-state index in [1.54, 1.807) is 37.3 Å². The van der Waals surface area contributed by atoms with Crippen LogP contribution in [0.1, 0.15) is 25.8 Å². The third-order valence-corrected chi connectivity index (χ3v) is 3.69. The molecule has 0 aliphatic rings. The molecule has 0 heterocycles. The zero-order valence-electron chi connectivity index (χ0n) is 16.3. The summed E-state index contributed by atoms with van der Waals surface area (Å²) in [7, 11) is 0. The van der Waals surface area contributed by atoms with Gasteiger partial charge in [0.15, 0.2) is 6.61 Å². The van der Waals surface area contributed by atoms with Gasteiger partial charge in [-0.1, -0.05) is 18.2 Å². The summed E-state index contributed by atoms with van der Waals surface area (Å²) in [5.41, 5.74) is 4.48. The van der Waals surface area contributed by atoms with Gasteiger partial charge < -0.3 is 14.8 Å². The summed E-state index contributed by atoms with van der Waals surface area (Å²) in [5, 5.41) is 6.71. The Morgan fingerprint density at radius 3 is 2.39 bits per heavy atom. The molecule has 0 saturated carbocycles. The average Bonchev–Trinajstić information content (AvgIpc) is 2.67. The van der Waals surface area contributed by atoms with E-state index in [4.69, 9.17) is 9.47 Å². The first-order valence-electron chi connectivity index (χ1n) is 9.01. The number of hydrogen-bond acceptors (Lipinski definition) is 5. The second kappa shape index (κ2) is 10.7. The Balaban J connectivity index is 1.75. The summed E-state index contributed by atoms with van der Waals surface area (Å²) in [6.45, 7) is 5.91. The van der Waals surface area contributed by atoms with Crippen molar-refractivity contribution in [3.05, 3.63) is 54.1 Å². The van der Waals surface area contributed by atoms with Crippen LogP contribution in [-0.4, -0.2) is 30.7 Å². The molecule has 0 bridgehead atoms. The highest BCUT2D eigenvalue weighted by molar-refractivity contribution is 6.05. The predicted molar refractivity (Wildman–Crippen MR) is 109 cm³/mol. The highest BCUT2D eigenvalue weighted by Crippen LogP contribution is 2.16. The average molecular weight is 383 g/mol. The molecule has 0 fully saturated rings. The van der Waals surface area contributed by atoms with Gasteiger partial charge in [-0.2, -0.15) is 5.10 Å². The second-order valence-electron chi connectivity index (χ2n) is 6.12. The lowest BCUT2D eigenvalue weighted by Gasteiger charge is -2.08. The first kappa shape index (κ1) is 21.0. The maximum absolute atomic E-state index is 12.1. The Labute approximate surface area is 164 Å². The molecule has 2 rings (SSSR count). The fourth-order valence-electron chi connectivity index (χ4n) is 2.33. The fraction of sp³-hybridized carbons (Fsp3) is 0.286. The molecule has 2 aromatic rings. The van der Waals surface area contributed by atoms with E-state index in [1.807, 2.05) is 32.0 Å². The minimum absolute atomic E-state index is 0.0616. The fourth-order valence-corrected chi connectivity index (χ4v) is 2.33. The number of benzene rings is 2. The summed E-state index contributed by atoms with van der Waals surface area (Å²) in [6.07, 6.45) is 0.0616. The largest absolute Gasteiger partial charge is 0.494 e. The number of amides is 2. The Bertz CT molecular complexity index is 832. The number of para-hydroxylation sites is 1. The molecule has 7 nitrogen and oxygen atoms in total. The predicted octanol–water partition coefficient (Wildman–Crippen LogP) is 3.29. The van der Waals surface area contributed by atoms with Crippen molar-refractivity contribution in [1.82, 2.24) is 5.43 Å². The van der Waals surface area contributed by atoms with Gasteiger partial charge in [0, 0.05) is 11.4 Å². The van der Waals surface area contributed by atoms with Crippen molar-refractivity contribution >= 4 is 23.2 Å². The van der Waals surface area contributed by atoms with Crippen LogP contribution in [-0.2, 0) is 9.59 Å². The number of hydrogen-bond donors (Lipinski definition) is 2. The number of carbonyl (C=O) groups excluding carboxylic acids is 2. The topological polar surface area (TPSA) is 89.0 Å². The molecule has 0 aromatic heterocycles. The molecule has 0 aliphatic carbocycles. The number of aryl methyl sites for hydroxylation is 1. The van der Waals surface area contributed by atoms with E-state index in [0.29, 0.717) is 23.8 Å². The number of ether oxygens (including phenoxy) is 2. The van der Waals surface area contributed by atoms with Gasteiger partial charge in [0.05, 0.1) is 13.0 Å². The maximum Gasteiger partial charge on any atom is 0.277 e. The van der Waals surface area contributed by atoms with Crippen LogP contribution < -0.4 is 20.2 Å². The molecule has 2 amide bonds. The lowest BCUT2D eigenvalue weighted by atomic mass is 10.2. The molecule has 2 N–H and O–H groups in total. The Hall–Kier alpha value is -3.35. The van der Waals surface area contributed by atoms with Gasteiger partial charge in [0.25, 0.3) is 5.91 Å². The Kier molecular flexibility index (Phi) is 8.02. The number of hydrazone groups is 1. The summed E-state index contributed by atoms with van der Waals surface area (Å²) in [4.78, 5) is 23.9. The monoisotopic (exact) mass is 383 g/mol. The number of anilines is 1.